The third-order valence-corrected chi connectivity index (χ3v) is 4.12. The number of fused-ring (bicyclic) bond motifs is 2. The van der Waals surface area contributed by atoms with Crippen molar-refractivity contribution < 1.29 is 0 Å². The third-order valence-electron chi connectivity index (χ3n) is 4.12. The molecule has 0 N–H and O–H groups in total. The smallest absolute Gasteiger partial charge is 0.0155 e. The van der Waals surface area contributed by atoms with E-state index in [-0.39, 0.29) is 53.4 Å². The molecular formula is C16H20I2. The van der Waals surface area contributed by atoms with Gasteiger partial charge in [-0.3, -0.25) is 0 Å². The van der Waals surface area contributed by atoms with Gasteiger partial charge in [-0.25, -0.2) is 0 Å². The fraction of sp³-hybridized carbons (Fsp3) is 0.375. The van der Waals surface area contributed by atoms with Crippen LogP contribution in [0.1, 0.15) is 38.3 Å². The van der Waals surface area contributed by atoms with Gasteiger partial charge in [-0.15, -0.1) is 48.0 Å². The van der Waals surface area contributed by atoms with Crippen molar-refractivity contribution in [1.82, 2.24) is 0 Å². The van der Waals surface area contributed by atoms with Crippen molar-refractivity contribution in [3.8, 4) is 0 Å². The van der Waals surface area contributed by atoms with E-state index in [4.69, 9.17) is 0 Å². The first-order valence-corrected chi connectivity index (χ1v) is 6.13. The molecule has 18 heavy (non-hydrogen) atoms. The molecule has 0 bridgehead atoms. The first-order valence-electron chi connectivity index (χ1n) is 6.13. The van der Waals surface area contributed by atoms with Gasteiger partial charge in [0.2, 0.25) is 0 Å². The van der Waals surface area contributed by atoms with Crippen LogP contribution in [0.15, 0.2) is 42.0 Å². The molecule has 98 valence electrons. The molecule has 0 aliphatic heterocycles. The zero-order valence-electron chi connectivity index (χ0n) is 11.1. The topological polar surface area (TPSA) is 0 Å². The lowest BCUT2D eigenvalue weighted by molar-refractivity contribution is 0.643. The molecule has 0 aromatic heterocycles. The zero-order valence-corrected chi connectivity index (χ0v) is 15.7. The molecule has 0 spiro atoms. The van der Waals surface area contributed by atoms with Crippen molar-refractivity contribution in [2.45, 2.75) is 32.6 Å². The number of benzene rings is 1. The highest BCUT2D eigenvalue weighted by molar-refractivity contribution is 14.0. The van der Waals surface area contributed by atoms with E-state index in [0.717, 1.165) is 0 Å². The van der Waals surface area contributed by atoms with Crippen molar-refractivity contribution in [3.05, 3.63) is 53.1 Å². The lowest BCUT2D eigenvalue weighted by atomic mass is 9.79. The normalized spacial score (nSPS) is 22.7. The van der Waals surface area contributed by atoms with Gasteiger partial charge in [-0.05, 0) is 34.6 Å². The monoisotopic (exact) mass is 466 g/mol. The summed E-state index contributed by atoms with van der Waals surface area (Å²) in [4.78, 5) is 0. The molecule has 0 nitrogen and oxygen atoms in total. The van der Waals surface area contributed by atoms with Crippen LogP contribution in [0, 0.1) is 5.92 Å². The second kappa shape index (κ2) is 5.65. The average molecular weight is 466 g/mol. The Morgan fingerprint density at radius 1 is 1.11 bits per heavy atom. The van der Waals surface area contributed by atoms with E-state index in [1.807, 2.05) is 0 Å². The summed E-state index contributed by atoms with van der Waals surface area (Å²) in [6.45, 7) is 7.03. The Balaban J connectivity index is 0.000000810. The third kappa shape index (κ3) is 2.19. The second-order valence-electron chi connectivity index (χ2n) is 5.54. The van der Waals surface area contributed by atoms with Crippen LogP contribution in [0.25, 0.3) is 5.57 Å². The minimum Gasteiger partial charge on any atom is -0.107 e. The highest BCUT2D eigenvalue weighted by atomic mass is 127. The lowest BCUT2D eigenvalue weighted by Gasteiger charge is -2.25. The quantitative estimate of drug-likeness (QED) is 0.440. The van der Waals surface area contributed by atoms with Crippen molar-refractivity contribution in [1.29, 1.82) is 0 Å². The highest BCUT2D eigenvalue weighted by Gasteiger charge is 2.38. The molecule has 0 fully saturated rings. The van der Waals surface area contributed by atoms with Crippen LogP contribution in [0.4, 0.5) is 0 Å². The molecule has 0 saturated heterocycles. The first-order chi connectivity index (χ1) is 7.62. The predicted octanol–water partition coefficient (Wildman–Crippen LogP) is 5.56. The molecule has 1 atom stereocenters. The molecule has 1 unspecified atom stereocenters. The minimum absolute atomic E-state index is 0. The van der Waals surface area contributed by atoms with Gasteiger partial charge in [0.1, 0.15) is 0 Å². The summed E-state index contributed by atoms with van der Waals surface area (Å²) in [5.41, 5.74) is 6.30. The molecule has 0 amide bonds. The molecule has 1 aromatic rings. The number of rotatable bonds is 0. The molecule has 2 heteroatoms. The molecule has 2 aliphatic rings. The van der Waals surface area contributed by atoms with E-state index in [0.29, 0.717) is 5.92 Å². The van der Waals surface area contributed by atoms with Gasteiger partial charge in [0, 0.05) is 5.41 Å². The molecule has 2 aliphatic carbocycles. The standard InChI is InChI=1S/C16H18.2HI/c1-11-7-6-10-14-15(11)12-8-4-5-9-13(12)16(14,2)3;;/h4-6,8-11H,7H2,1-3H3;2*1H. The Bertz CT molecular complexity index is 510. The maximum absolute atomic E-state index is 2.34. The summed E-state index contributed by atoms with van der Waals surface area (Å²) < 4.78 is 0. The Labute approximate surface area is 144 Å². The molecule has 0 radical (unpaired) electrons. The zero-order chi connectivity index (χ0) is 11.3. The summed E-state index contributed by atoms with van der Waals surface area (Å²) >= 11 is 0. The first kappa shape index (κ1) is 16.2. The van der Waals surface area contributed by atoms with Gasteiger partial charge >= 0.3 is 0 Å². The number of hydrogen-bond donors (Lipinski definition) is 0. The maximum atomic E-state index is 2.34. The van der Waals surface area contributed by atoms with Gasteiger partial charge in [0.25, 0.3) is 0 Å². The van der Waals surface area contributed by atoms with E-state index < -0.39 is 0 Å². The molecule has 0 saturated carbocycles. The van der Waals surface area contributed by atoms with Gasteiger partial charge < -0.3 is 0 Å². The van der Waals surface area contributed by atoms with Gasteiger partial charge in [-0.1, -0.05) is 57.2 Å². The maximum Gasteiger partial charge on any atom is 0.0155 e. The Morgan fingerprint density at radius 2 is 1.78 bits per heavy atom. The lowest BCUT2D eigenvalue weighted by Crippen LogP contribution is -2.17. The number of halogens is 2. The summed E-state index contributed by atoms with van der Waals surface area (Å²) in [5.74, 6) is 0.669. The van der Waals surface area contributed by atoms with Crippen LogP contribution in [0.2, 0.25) is 0 Å². The molecular weight excluding hydrogens is 446 g/mol. The van der Waals surface area contributed by atoms with E-state index in [9.17, 15) is 0 Å². The Kier molecular flexibility index (Phi) is 5.09. The molecule has 1 aromatic carbocycles. The van der Waals surface area contributed by atoms with E-state index in [1.165, 1.54) is 23.1 Å². The Hall–Kier alpha value is 0.160. The summed E-state index contributed by atoms with van der Waals surface area (Å²) in [6, 6.07) is 8.90. The molecule has 0 heterocycles. The minimum atomic E-state index is 0. The van der Waals surface area contributed by atoms with E-state index in [2.05, 4.69) is 57.2 Å². The fourth-order valence-corrected chi connectivity index (χ4v) is 3.23. The SMILES string of the molecule is CC1CC=CC2=C1c1ccccc1C2(C)C.I.I. The summed E-state index contributed by atoms with van der Waals surface area (Å²) in [6.07, 6.45) is 5.86. The number of hydrogen-bond acceptors (Lipinski definition) is 0. The van der Waals surface area contributed by atoms with Crippen molar-refractivity contribution in [3.63, 3.8) is 0 Å². The second-order valence-corrected chi connectivity index (χ2v) is 5.54. The van der Waals surface area contributed by atoms with Crippen LogP contribution < -0.4 is 0 Å². The van der Waals surface area contributed by atoms with Gasteiger partial charge in [0.15, 0.2) is 0 Å². The number of allylic oxidation sites excluding steroid dienone is 4. The molecule has 3 rings (SSSR count). The van der Waals surface area contributed by atoms with Crippen LogP contribution in [0.5, 0.6) is 0 Å². The van der Waals surface area contributed by atoms with Crippen LogP contribution >= 0.6 is 48.0 Å². The summed E-state index contributed by atoms with van der Waals surface area (Å²) in [7, 11) is 0. The largest absolute Gasteiger partial charge is 0.107 e. The van der Waals surface area contributed by atoms with Crippen molar-refractivity contribution in [2.75, 3.05) is 0 Å². The van der Waals surface area contributed by atoms with Crippen LogP contribution in [-0.4, -0.2) is 0 Å². The summed E-state index contributed by atoms with van der Waals surface area (Å²) in [5, 5.41) is 0. The fourth-order valence-electron chi connectivity index (χ4n) is 3.23. The highest BCUT2D eigenvalue weighted by Crippen LogP contribution is 2.51. The average Bonchev–Trinajstić information content (AvgIpc) is 2.51. The van der Waals surface area contributed by atoms with Crippen LogP contribution in [-0.2, 0) is 5.41 Å². The predicted molar refractivity (Wildman–Crippen MR) is 100 cm³/mol. The van der Waals surface area contributed by atoms with E-state index in [1.54, 1.807) is 5.57 Å². The Morgan fingerprint density at radius 3 is 2.50 bits per heavy atom. The van der Waals surface area contributed by atoms with Gasteiger partial charge in [-0.2, -0.15) is 0 Å². The van der Waals surface area contributed by atoms with E-state index >= 15 is 0 Å². The van der Waals surface area contributed by atoms with Gasteiger partial charge in [0.05, 0.1) is 0 Å². The van der Waals surface area contributed by atoms with Crippen LogP contribution in [0.3, 0.4) is 0 Å². The van der Waals surface area contributed by atoms with Crippen molar-refractivity contribution in [2.24, 2.45) is 5.92 Å². The van der Waals surface area contributed by atoms with Crippen molar-refractivity contribution >= 4 is 53.5 Å².